The lowest BCUT2D eigenvalue weighted by molar-refractivity contribution is 0.369. The summed E-state index contributed by atoms with van der Waals surface area (Å²) in [6.07, 6.45) is 1.52. The summed E-state index contributed by atoms with van der Waals surface area (Å²) in [5.74, 6) is 0.703. The first-order valence-electron chi connectivity index (χ1n) is 4.80. The van der Waals surface area contributed by atoms with Crippen molar-refractivity contribution < 1.29 is 12.8 Å². The fraction of sp³-hybridized carbons (Fsp3) is 0.556. The summed E-state index contributed by atoms with van der Waals surface area (Å²) in [7, 11) is -3.21. The van der Waals surface area contributed by atoms with Crippen molar-refractivity contribution in [2.24, 2.45) is 5.73 Å². The Balaban J connectivity index is 2.75. The van der Waals surface area contributed by atoms with E-state index in [1.807, 2.05) is 0 Å². The standard InChI is InChI=1S/C9H16N2O3S/c1-2-15(12,13)11(6-5-10)8-9-4-3-7-14-9/h3-4,7H,2,5-6,8,10H2,1H3. The molecule has 86 valence electrons. The zero-order valence-corrected chi connectivity index (χ0v) is 9.53. The second-order valence-corrected chi connectivity index (χ2v) is 5.36. The molecule has 1 rings (SSSR count). The maximum absolute atomic E-state index is 11.6. The van der Waals surface area contributed by atoms with E-state index in [4.69, 9.17) is 10.2 Å². The van der Waals surface area contributed by atoms with E-state index in [1.54, 1.807) is 19.1 Å². The van der Waals surface area contributed by atoms with Gasteiger partial charge >= 0.3 is 0 Å². The van der Waals surface area contributed by atoms with Crippen LogP contribution in [-0.4, -0.2) is 31.6 Å². The van der Waals surface area contributed by atoms with Crippen molar-refractivity contribution in [1.82, 2.24) is 4.31 Å². The van der Waals surface area contributed by atoms with Gasteiger partial charge in [0.25, 0.3) is 0 Å². The Bertz CT molecular complexity index is 372. The Morgan fingerprint density at radius 1 is 1.53 bits per heavy atom. The first-order chi connectivity index (χ1) is 7.10. The minimum absolute atomic E-state index is 0.0771. The predicted molar refractivity (Wildman–Crippen MR) is 57.6 cm³/mol. The third kappa shape index (κ3) is 3.33. The van der Waals surface area contributed by atoms with Crippen LogP contribution in [0.5, 0.6) is 0 Å². The predicted octanol–water partition coefficient (Wildman–Crippen LogP) is 0.390. The van der Waals surface area contributed by atoms with Gasteiger partial charge in [-0.1, -0.05) is 0 Å². The Labute approximate surface area is 89.9 Å². The average Bonchev–Trinajstić information content (AvgIpc) is 2.70. The van der Waals surface area contributed by atoms with E-state index in [-0.39, 0.29) is 12.3 Å². The lowest BCUT2D eigenvalue weighted by Gasteiger charge is -2.19. The Hall–Kier alpha value is -0.850. The van der Waals surface area contributed by atoms with Gasteiger partial charge in [0.1, 0.15) is 5.76 Å². The summed E-state index contributed by atoms with van der Waals surface area (Å²) < 4.78 is 29.7. The molecule has 0 aliphatic rings. The molecule has 5 nitrogen and oxygen atoms in total. The van der Waals surface area contributed by atoms with E-state index in [0.29, 0.717) is 18.8 Å². The summed E-state index contributed by atoms with van der Waals surface area (Å²) in [4.78, 5) is 0. The Morgan fingerprint density at radius 3 is 2.73 bits per heavy atom. The van der Waals surface area contributed by atoms with E-state index in [0.717, 1.165) is 0 Å². The van der Waals surface area contributed by atoms with Gasteiger partial charge in [0.05, 0.1) is 18.6 Å². The minimum atomic E-state index is -3.21. The molecule has 0 fully saturated rings. The van der Waals surface area contributed by atoms with Crippen LogP contribution < -0.4 is 5.73 Å². The highest BCUT2D eigenvalue weighted by atomic mass is 32.2. The van der Waals surface area contributed by atoms with Crippen molar-refractivity contribution >= 4 is 10.0 Å². The van der Waals surface area contributed by atoms with Gasteiger partial charge < -0.3 is 10.2 Å². The first-order valence-corrected chi connectivity index (χ1v) is 6.41. The van der Waals surface area contributed by atoms with E-state index in [9.17, 15) is 8.42 Å². The topological polar surface area (TPSA) is 76.5 Å². The zero-order valence-electron chi connectivity index (χ0n) is 8.72. The van der Waals surface area contributed by atoms with Gasteiger partial charge in [0, 0.05) is 13.1 Å². The van der Waals surface area contributed by atoms with Crippen LogP contribution in [-0.2, 0) is 16.6 Å². The average molecular weight is 232 g/mol. The van der Waals surface area contributed by atoms with Crippen LogP contribution in [0, 0.1) is 0 Å². The third-order valence-electron chi connectivity index (χ3n) is 2.05. The number of rotatable bonds is 6. The molecule has 0 radical (unpaired) electrons. The molecule has 15 heavy (non-hydrogen) atoms. The van der Waals surface area contributed by atoms with E-state index < -0.39 is 10.0 Å². The molecule has 6 heteroatoms. The maximum Gasteiger partial charge on any atom is 0.214 e. The molecule has 2 N–H and O–H groups in total. The molecule has 0 amide bonds. The summed E-state index contributed by atoms with van der Waals surface area (Å²) in [5.41, 5.74) is 5.37. The highest BCUT2D eigenvalue weighted by Gasteiger charge is 2.20. The lowest BCUT2D eigenvalue weighted by atomic mass is 10.4. The summed E-state index contributed by atoms with van der Waals surface area (Å²) >= 11 is 0. The third-order valence-corrected chi connectivity index (χ3v) is 3.88. The van der Waals surface area contributed by atoms with Crippen LogP contribution in [0.4, 0.5) is 0 Å². The van der Waals surface area contributed by atoms with Gasteiger partial charge in [0.2, 0.25) is 10.0 Å². The fourth-order valence-corrected chi connectivity index (χ4v) is 2.29. The summed E-state index contributed by atoms with van der Waals surface area (Å²) in [6.45, 7) is 2.48. The molecule has 1 aromatic heterocycles. The largest absolute Gasteiger partial charge is 0.468 e. The monoisotopic (exact) mass is 232 g/mol. The Morgan fingerprint density at radius 2 is 2.27 bits per heavy atom. The van der Waals surface area contributed by atoms with Crippen molar-refractivity contribution in [3.8, 4) is 0 Å². The SMILES string of the molecule is CCS(=O)(=O)N(CCN)Cc1ccco1. The number of nitrogens with zero attached hydrogens (tertiary/aromatic N) is 1. The molecule has 0 saturated heterocycles. The number of nitrogens with two attached hydrogens (primary N) is 1. The summed E-state index contributed by atoms with van der Waals surface area (Å²) in [6, 6.07) is 3.48. The molecule has 0 atom stereocenters. The number of sulfonamides is 1. The molecular formula is C9H16N2O3S. The van der Waals surface area contributed by atoms with Crippen molar-refractivity contribution in [3.05, 3.63) is 24.2 Å². The van der Waals surface area contributed by atoms with Crippen molar-refractivity contribution in [2.75, 3.05) is 18.8 Å². The normalized spacial score (nSPS) is 12.2. The van der Waals surface area contributed by atoms with Crippen LogP contribution >= 0.6 is 0 Å². The quantitative estimate of drug-likeness (QED) is 0.769. The van der Waals surface area contributed by atoms with Gasteiger partial charge in [-0.25, -0.2) is 8.42 Å². The van der Waals surface area contributed by atoms with Gasteiger partial charge in [-0.05, 0) is 19.1 Å². The van der Waals surface area contributed by atoms with Crippen LogP contribution in [0.15, 0.2) is 22.8 Å². The van der Waals surface area contributed by atoms with Crippen LogP contribution in [0.2, 0.25) is 0 Å². The number of furan rings is 1. The number of hydrogen-bond donors (Lipinski definition) is 1. The summed E-state index contributed by atoms with van der Waals surface area (Å²) in [5, 5.41) is 0. The smallest absolute Gasteiger partial charge is 0.214 e. The molecule has 1 heterocycles. The molecule has 0 spiro atoms. The highest BCUT2D eigenvalue weighted by molar-refractivity contribution is 7.89. The van der Waals surface area contributed by atoms with Gasteiger partial charge in [-0.2, -0.15) is 4.31 Å². The van der Waals surface area contributed by atoms with Crippen LogP contribution in [0.1, 0.15) is 12.7 Å². The highest BCUT2D eigenvalue weighted by Crippen LogP contribution is 2.09. The minimum Gasteiger partial charge on any atom is -0.468 e. The molecule has 0 unspecified atom stereocenters. The molecule has 0 saturated carbocycles. The second kappa shape index (κ2) is 5.29. The van der Waals surface area contributed by atoms with E-state index in [2.05, 4.69) is 0 Å². The van der Waals surface area contributed by atoms with E-state index in [1.165, 1.54) is 10.6 Å². The Kier molecular flexibility index (Phi) is 4.31. The van der Waals surface area contributed by atoms with Crippen LogP contribution in [0.3, 0.4) is 0 Å². The maximum atomic E-state index is 11.6. The van der Waals surface area contributed by atoms with Crippen molar-refractivity contribution in [2.45, 2.75) is 13.5 Å². The van der Waals surface area contributed by atoms with E-state index >= 15 is 0 Å². The molecule has 0 bridgehead atoms. The molecule has 0 aliphatic heterocycles. The van der Waals surface area contributed by atoms with Gasteiger partial charge in [-0.3, -0.25) is 0 Å². The molecule has 0 aliphatic carbocycles. The van der Waals surface area contributed by atoms with Crippen molar-refractivity contribution in [1.29, 1.82) is 0 Å². The fourth-order valence-electron chi connectivity index (χ4n) is 1.22. The first kappa shape index (κ1) is 12.2. The molecule has 0 aromatic carbocycles. The number of hydrogen-bond acceptors (Lipinski definition) is 4. The molecule has 1 aromatic rings. The molecular weight excluding hydrogens is 216 g/mol. The second-order valence-electron chi connectivity index (χ2n) is 3.10. The van der Waals surface area contributed by atoms with Gasteiger partial charge in [0.15, 0.2) is 0 Å². The zero-order chi connectivity index (χ0) is 11.3. The van der Waals surface area contributed by atoms with Crippen LogP contribution in [0.25, 0.3) is 0 Å². The van der Waals surface area contributed by atoms with Crippen molar-refractivity contribution in [3.63, 3.8) is 0 Å². The lowest BCUT2D eigenvalue weighted by Crippen LogP contribution is -2.35. The van der Waals surface area contributed by atoms with Gasteiger partial charge in [-0.15, -0.1) is 0 Å².